The van der Waals surface area contributed by atoms with Crippen LogP contribution in [0.3, 0.4) is 0 Å². The van der Waals surface area contributed by atoms with Crippen molar-refractivity contribution >= 4 is 5.69 Å². The summed E-state index contributed by atoms with van der Waals surface area (Å²) in [6, 6.07) is 19.5. The first-order valence-corrected chi connectivity index (χ1v) is 7.29. The van der Waals surface area contributed by atoms with E-state index < -0.39 is 0 Å². The van der Waals surface area contributed by atoms with Crippen molar-refractivity contribution in [1.29, 1.82) is 0 Å². The molecule has 20 heavy (non-hydrogen) atoms. The number of nitrogens with zero attached hydrogens (tertiary/aromatic N) is 1. The van der Waals surface area contributed by atoms with E-state index in [0.717, 1.165) is 19.4 Å². The second kappa shape index (κ2) is 7.11. The lowest BCUT2D eigenvalue weighted by Crippen LogP contribution is -2.21. The van der Waals surface area contributed by atoms with Crippen molar-refractivity contribution in [3.05, 3.63) is 54.6 Å². The Hall–Kier alpha value is -1.80. The standard InChI is InChI=1S/C18H24N2/c1-15(19)7-6-14-20(2)18-12-10-17(11-13-18)16-8-4-3-5-9-16/h3-5,8-13,15H,6-7,14,19H2,1-2H3. The molecule has 2 rings (SSSR count). The lowest BCUT2D eigenvalue weighted by Gasteiger charge is -2.20. The van der Waals surface area contributed by atoms with Gasteiger partial charge in [-0.1, -0.05) is 42.5 Å². The van der Waals surface area contributed by atoms with E-state index in [4.69, 9.17) is 5.73 Å². The number of nitrogens with two attached hydrogens (primary N) is 1. The summed E-state index contributed by atoms with van der Waals surface area (Å²) in [6.07, 6.45) is 2.21. The Morgan fingerprint density at radius 1 is 0.950 bits per heavy atom. The third-order valence-electron chi connectivity index (χ3n) is 3.57. The van der Waals surface area contributed by atoms with Crippen molar-refractivity contribution in [3.8, 4) is 11.1 Å². The molecule has 0 aliphatic carbocycles. The van der Waals surface area contributed by atoms with Gasteiger partial charge in [0.25, 0.3) is 0 Å². The Morgan fingerprint density at radius 3 is 2.15 bits per heavy atom. The van der Waals surface area contributed by atoms with Gasteiger partial charge in [-0.25, -0.2) is 0 Å². The van der Waals surface area contributed by atoms with Crippen LogP contribution in [-0.2, 0) is 0 Å². The van der Waals surface area contributed by atoms with Gasteiger partial charge >= 0.3 is 0 Å². The molecule has 0 radical (unpaired) electrons. The first kappa shape index (κ1) is 14.6. The molecule has 1 unspecified atom stereocenters. The molecule has 0 bridgehead atoms. The average molecular weight is 268 g/mol. The van der Waals surface area contributed by atoms with Crippen LogP contribution in [0.4, 0.5) is 5.69 Å². The van der Waals surface area contributed by atoms with Crippen LogP contribution < -0.4 is 10.6 Å². The van der Waals surface area contributed by atoms with Crippen LogP contribution >= 0.6 is 0 Å². The van der Waals surface area contributed by atoms with E-state index in [0.29, 0.717) is 6.04 Å². The van der Waals surface area contributed by atoms with Crippen LogP contribution in [-0.4, -0.2) is 19.6 Å². The second-order valence-electron chi connectivity index (χ2n) is 5.45. The van der Waals surface area contributed by atoms with E-state index >= 15 is 0 Å². The summed E-state index contributed by atoms with van der Waals surface area (Å²) in [6.45, 7) is 3.11. The molecule has 106 valence electrons. The van der Waals surface area contributed by atoms with Crippen LogP contribution in [0.25, 0.3) is 11.1 Å². The topological polar surface area (TPSA) is 29.3 Å². The van der Waals surface area contributed by atoms with Gasteiger partial charge in [-0.05, 0) is 43.0 Å². The molecule has 0 heterocycles. The quantitative estimate of drug-likeness (QED) is 0.860. The molecule has 1 atom stereocenters. The molecule has 2 aromatic carbocycles. The van der Waals surface area contributed by atoms with Gasteiger partial charge in [0.05, 0.1) is 0 Å². The van der Waals surface area contributed by atoms with E-state index in [1.807, 2.05) is 6.07 Å². The van der Waals surface area contributed by atoms with Gasteiger partial charge < -0.3 is 10.6 Å². The molecule has 0 amide bonds. The van der Waals surface area contributed by atoms with E-state index in [2.05, 4.69) is 67.4 Å². The van der Waals surface area contributed by atoms with Crippen LogP contribution in [0.15, 0.2) is 54.6 Å². The highest BCUT2D eigenvalue weighted by atomic mass is 15.1. The maximum absolute atomic E-state index is 5.78. The third kappa shape index (κ3) is 4.10. The van der Waals surface area contributed by atoms with Gasteiger partial charge in [0.2, 0.25) is 0 Å². The Morgan fingerprint density at radius 2 is 1.55 bits per heavy atom. The zero-order valence-electron chi connectivity index (χ0n) is 12.4. The number of anilines is 1. The average Bonchev–Trinajstić information content (AvgIpc) is 2.48. The molecule has 2 aromatic rings. The summed E-state index contributed by atoms with van der Waals surface area (Å²) in [4.78, 5) is 2.29. The molecule has 0 saturated carbocycles. The predicted octanol–water partition coefficient (Wildman–Crippen LogP) is 3.92. The molecular formula is C18H24N2. The van der Waals surface area contributed by atoms with E-state index in [-0.39, 0.29) is 0 Å². The number of hydrogen-bond donors (Lipinski definition) is 1. The Bertz CT molecular complexity index is 503. The van der Waals surface area contributed by atoms with E-state index in [1.54, 1.807) is 0 Å². The fraction of sp³-hybridized carbons (Fsp3) is 0.333. The van der Waals surface area contributed by atoms with Crippen molar-refractivity contribution in [2.24, 2.45) is 5.73 Å². The molecule has 0 fully saturated rings. The molecule has 0 aliphatic rings. The molecule has 0 saturated heterocycles. The lowest BCUT2D eigenvalue weighted by atomic mass is 10.1. The Labute approximate surface area is 122 Å². The predicted molar refractivity (Wildman–Crippen MR) is 88.0 cm³/mol. The smallest absolute Gasteiger partial charge is 0.0364 e. The van der Waals surface area contributed by atoms with Gasteiger partial charge in [-0.15, -0.1) is 0 Å². The Balaban J connectivity index is 1.97. The summed E-state index contributed by atoms with van der Waals surface area (Å²) < 4.78 is 0. The van der Waals surface area contributed by atoms with E-state index in [9.17, 15) is 0 Å². The molecule has 2 heteroatoms. The van der Waals surface area contributed by atoms with Crippen molar-refractivity contribution in [2.75, 3.05) is 18.5 Å². The molecule has 0 aliphatic heterocycles. The zero-order chi connectivity index (χ0) is 14.4. The van der Waals surface area contributed by atoms with Crippen molar-refractivity contribution < 1.29 is 0 Å². The third-order valence-corrected chi connectivity index (χ3v) is 3.57. The summed E-state index contributed by atoms with van der Waals surface area (Å²) in [7, 11) is 2.14. The van der Waals surface area contributed by atoms with Gasteiger partial charge in [0.1, 0.15) is 0 Å². The molecule has 0 spiro atoms. The minimum Gasteiger partial charge on any atom is -0.375 e. The van der Waals surface area contributed by atoms with Gasteiger partial charge in [0.15, 0.2) is 0 Å². The lowest BCUT2D eigenvalue weighted by molar-refractivity contribution is 0.621. The fourth-order valence-corrected chi connectivity index (χ4v) is 2.32. The SMILES string of the molecule is CC(N)CCCN(C)c1ccc(-c2ccccc2)cc1. The van der Waals surface area contributed by atoms with Crippen molar-refractivity contribution in [3.63, 3.8) is 0 Å². The molecule has 0 aromatic heterocycles. The normalized spacial score (nSPS) is 12.2. The first-order chi connectivity index (χ1) is 9.66. The van der Waals surface area contributed by atoms with Crippen LogP contribution in [0.2, 0.25) is 0 Å². The van der Waals surface area contributed by atoms with Crippen LogP contribution in [0, 0.1) is 0 Å². The highest BCUT2D eigenvalue weighted by Gasteiger charge is 2.03. The highest BCUT2D eigenvalue weighted by molar-refractivity contribution is 5.66. The van der Waals surface area contributed by atoms with Crippen LogP contribution in [0.5, 0.6) is 0 Å². The zero-order valence-corrected chi connectivity index (χ0v) is 12.4. The minimum absolute atomic E-state index is 0.295. The fourth-order valence-electron chi connectivity index (χ4n) is 2.32. The monoisotopic (exact) mass is 268 g/mol. The van der Waals surface area contributed by atoms with Crippen LogP contribution in [0.1, 0.15) is 19.8 Å². The summed E-state index contributed by atoms with van der Waals surface area (Å²) in [5.74, 6) is 0. The number of hydrogen-bond acceptors (Lipinski definition) is 2. The van der Waals surface area contributed by atoms with Gasteiger partial charge in [0, 0.05) is 25.3 Å². The largest absolute Gasteiger partial charge is 0.375 e. The first-order valence-electron chi connectivity index (χ1n) is 7.29. The van der Waals surface area contributed by atoms with Crippen molar-refractivity contribution in [1.82, 2.24) is 0 Å². The second-order valence-corrected chi connectivity index (χ2v) is 5.45. The summed E-state index contributed by atoms with van der Waals surface area (Å²) in [5, 5.41) is 0. The van der Waals surface area contributed by atoms with Gasteiger partial charge in [-0.3, -0.25) is 0 Å². The van der Waals surface area contributed by atoms with E-state index in [1.165, 1.54) is 16.8 Å². The summed E-state index contributed by atoms with van der Waals surface area (Å²) in [5.41, 5.74) is 9.57. The number of rotatable bonds is 6. The maximum atomic E-state index is 5.78. The van der Waals surface area contributed by atoms with Crippen molar-refractivity contribution in [2.45, 2.75) is 25.8 Å². The number of benzene rings is 2. The van der Waals surface area contributed by atoms with Gasteiger partial charge in [-0.2, -0.15) is 0 Å². The maximum Gasteiger partial charge on any atom is 0.0364 e. The summed E-state index contributed by atoms with van der Waals surface area (Å²) >= 11 is 0. The molecular weight excluding hydrogens is 244 g/mol. The highest BCUT2D eigenvalue weighted by Crippen LogP contribution is 2.22. The molecule has 2 N–H and O–H groups in total. The minimum atomic E-state index is 0.295. The molecule has 2 nitrogen and oxygen atoms in total. The Kier molecular flexibility index (Phi) is 5.19.